The number of halogens is 1. The average molecular weight is 164 g/mol. The van der Waals surface area contributed by atoms with Crippen molar-refractivity contribution in [3.63, 3.8) is 0 Å². The van der Waals surface area contributed by atoms with Crippen LogP contribution in [0.15, 0.2) is 18.5 Å². The van der Waals surface area contributed by atoms with Crippen molar-refractivity contribution in [1.29, 1.82) is 0 Å². The second-order valence-electron chi connectivity index (χ2n) is 2.23. The van der Waals surface area contributed by atoms with Crippen LogP contribution in [0.25, 0.3) is 0 Å². The number of pyridine rings is 1. The largest absolute Gasteiger partial charge is 0.330 e. The van der Waals surface area contributed by atoms with Crippen molar-refractivity contribution in [2.24, 2.45) is 5.73 Å². The summed E-state index contributed by atoms with van der Waals surface area (Å²) >= 11 is 0. The van der Waals surface area contributed by atoms with Crippen LogP contribution in [0.3, 0.4) is 0 Å². The first-order valence-electron chi connectivity index (χ1n) is 3.62. The van der Waals surface area contributed by atoms with Gasteiger partial charge in [0.2, 0.25) is 0 Å². The smallest absolute Gasteiger partial charge is 0.142 e. The SMILES string of the molecule is NCCC#Cc1cncc(F)c1. The molecule has 2 nitrogen and oxygen atoms in total. The molecule has 0 bridgehead atoms. The molecule has 0 aromatic carbocycles. The van der Waals surface area contributed by atoms with Crippen LogP contribution in [-0.2, 0) is 0 Å². The Morgan fingerprint density at radius 2 is 2.33 bits per heavy atom. The zero-order chi connectivity index (χ0) is 8.81. The molecule has 0 aliphatic rings. The van der Waals surface area contributed by atoms with Crippen molar-refractivity contribution in [1.82, 2.24) is 4.98 Å². The van der Waals surface area contributed by atoms with Crippen LogP contribution in [0.5, 0.6) is 0 Å². The van der Waals surface area contributed by atoms with E-state index in [0.717, 1.165) is 6.20 Å². The van der Waals surface area contributed by atoms with Gasteiger partial charge >= 0.3 is 0 Å². The van der Waals surface area contributed by atoms with Gasteiger partial charge in [-0.3, -0.25) is 4.98 Å². The minimum absolute atomic E-state index is 0.366. The lowest BCUT2D eigenvalue weighted by Gasteiger charge is -1.88. The van der Waals surface area contributed by atoms with E-state index in [1.54, 1.807) is 0 Å². The molecule has 1 heterocycles. The highest BCUT2D eigenvalue weighted by Crippen LogP contribution is 1.97. The quantitative estimate of drug-likeness (QED) is 0.627. The fourth-order valence-electron chi connectivity index (χ4n) is 0.717. The molecule has 62 valence electrons. The zero-order valence-electron chi connectivity index (χ0n) is 6.55. The van der Waals surface area contributed by atoms with Gasteiger partial charge in [0.15, 0.2) is 0 Å². The third-order valence-corrected chi connectivity index (χ3v) is 1.21. The first kappa shape index (κ1) is 8.69. The molecule has 0 fully saturated rings. The van der Waals surface area contributed by atoms with Gasteiger partial charge in [-0.15, -0.1) is 0 Å². The van der Waals surface area contributed by atoms with Gasteiger partial charge < -0.3 is 5.73 Å². The van der Waals surface area contributed by atoms with Crippen LogP contribution >= 0.6 is 0 Å². The Hall–Kier alpha value is -1.40. The van der Waals surface area contributed by atoms with Gasteiger partial charge in [0.1, 0.15) is 5.82 Å². The molecule has 0 radical (unpaired) electrons. The number of hydrogen-bond donors (Lipinski definition) is 1. The number of rotatable bonds is 1. The Morgan fingerprint density at radius 1 is 1.50 bits per heavy atom. The molecule has 0 amide bonds. The predicted molar refractivity (Wildman–Crippen MR) is 44.7 cm³/mol. The van der Waals surface area contributed by atoms with Gasteiger partial charge in [-0.2, -0.15) is 0 Å². The van der Waals surface area contributed by atoms with E-state index >= 15 is 0 Å². The summed E-state index contributed by atoms with van der Waals surface area (Å²) < 4.78 is 12.5. The van der Waals surface area contributed by atoms with Crippen LogP contribution in [0.2, 0.25) is 0 Å². The first-order valence-corrected chi connectivity index (χ1v) is 3.62. The lowest BCUT2D eigenvalue weighted by Crippen LogP contribution is -1.95. The van der Waals surface area contributed by atoms with E-state index in [2.05, 4.69) is 16.8 Å². The van der Waals surface area contributed by atoms with E-state index in [9.17, 15) is 4.39 Å². The van der Waals surface area contributed by atoms with Crippen molar-refractivity contribution in [3.8, 4) is 11.8 Å². The zero-order valence-corrected chi connectivity index (χ0v) is 6.55. The summed E-state index contributed by atoms with van der Waals surface area (Å²) in [6.07, 6.45) is 3.29. The van der Waals surface area contributed by atoms with E-state index in [4.69, 9.17) is 5.73 Å². The summed E-state index contributed by atoms with van der Waals surface area (Å²) in [5.74, 6) is 5.18. The van der Waals surface area contributed by atoms with E-state index in [-0.39, 0.29) is 5.82 Å². The Balaban J connectivity index is 2.71. The van der Waals surface area contributed by atoms with Crippen LogP contribution in [0, 0.1) is 17.7 Å². The van der Waals surface area contributed by atoms with Gasteiger partial charge in [0.25, 0.3) is 0 Å². The van der Waals surface area contributed by atoms with Crippen LogP contribution in [0.4, 0.5) is 4.39 Å². The highest BCUT2D eigenvalue weighted by Gasteiger charge is 1.89. The molecular weight excluding hydrogens is 155 g/mol. The Labute approximate surface area is 70.6 Å². The summed E-state index contributed by atoms with van der Waals surface area (Å²) in [4.78, 5) is 3.65. The number of nitrogens with zero attached hydrogens (tertiary/aromatic N) is 1. The fourth-order valence-corrected chi connectivity index (χ4v) is 0.717. The van der Waals surface area contributed by atoms with Crippen LogP contribution < -0.4 is 5.73 Å². The number of hydrogen-bond acceptors (Lipinski definition) is 2. The monoisotopic (exact) mass is 164 g/mol. The van der Waals surface area contributed by atoms with Gasteiger partial charge in [-0.25, -0.2) is 4.39 Å². The maximum atomic E-state index is 12.5. The van der Waals surface area contributed by atoms with E-state index in [1.807, 2.05) is 0 Å². The highest BCUT2D eigenvalue weighted by molar-refractivity contribution is 5.31. The summed E-state index contributed by atoms with van der Waals surface area (Å²) in [6.45, 7) is 0.524. The Kier molecular flexibility index (Phi) is 3.24. The predicted octanol–water partition coefficient (Wildman–Crippen LogP) is 0.921. The molecule has 0 unspecified atom stereocenters. The first-order chi connectivity index (χ1) is 5.83. The molecule has 1 aromatic heterocycles. The fraction of sp³-hybridized carbons (Fsp3) is 0.222. The van der Waals surface area contributed by atoms with Gasteiger partial charge in [-0.05, 0) is 6.07 Å². The standard InChI is InChI=1S/C9H9FN2/c10-9-5-8(6-12-7-9)3-1-2-4-11/h5-7H,2,4,11H2. The summed E-state index contributed by atoms with van der Waals surface area (Å²) in [5, 5.41) is 0. The van der Waals surface area contributed by atoms with Crippen molar-refractivity contribution in [2.45, 2.75) is 6.42 Å². The lowest BCUT2D eigenvalue weighted by molar-refractivity contribution is 0.621. The number of aromatic nitrogens is 1. The average Bonchev–Trinajstić information content (AvgIpc) is 2.05. The number of nitrogens with two attached hydrogens (primary N) is 1. The normalized spacial score (nSPS) is 8.83. The molecule has 0 aliphatic carbocycles. The Morgan fingerprint density at radius 3 is 3.00 bits per heavy atom. The molecule has 2 N–H and O–H groups in total. The van der Waals surface area contributed by atoms with E-state index in [1.165, 1.54) is 12.3 Å². The molecule has 0 atom stereocenters. The highest BCUT2D eigenvalue weighted by atomic mass is 19.1. The molecule has 0 saturated heterocycles. The minimum Gasteiger partial charge on any atom is -0.330 e. The van der Waals surface area contributed by atoms with Crippen LogP contribution in [-0.4, -0.2) is 11.5 Å². The molecule has 0 aliphatic heterocycles. The van der Waals surface area contributed by atoms with Gasteiger partial charge in [0, 0.05) is 24.7 Å². The molecule has 0 spiro atoms. The molecular formula is C9H9FN2. The van der Waals surface area contributed by atoms with Crippen molar-refractivity contribution in [2.75, 3.05) is 6.54 Å². The van der Waals surface area contributed by atoms with Crippen molar-refractivity contribution >= 4 is 0 Å². The van der Waals surface area contributed by atoms with Crippen molar-refractivity contribution in [3.05, 3.63) is 29.8 Å². The summed E-state index contributed by atoms with van der Waals surface area (Å²) in [6, 6.07) is 1.34. The topological polar surface area (TPSA) is 38.9 Å². The van der Waals surface area contributed by atoms with Crippen molar-refractivity contribution < 1.29 is 4.39 Å². The van der Waals surface area contributed by atoms with E-state index < -0.39 is 0 Å². The molecule has 1 aromatic rings. The summed E-state index contributed by atoms with van der Waals surface area (Å²) in [5.41, 5.74) is 5.82. The molecule has 3 heteroatoms. The second kappa shape index (κ2) is 4.47. The van der Waals surface area contributed by atoms with Gasteiger partial charge in [-0.1, -0.05) is 11.8 Å². The van der Waals surface area contributed by atoms with Crippen LogP contribution in [0.1, 0.15) is 12.0 Å². The summed E-state index contributed by atoms with van der Waals surface area (Å²) in [7, 11) is 0. The van der Waals surface area contributed by atoms with Gasteiger partial charge in [0.05, 0.1) is 6.20 Å². The maximum absolute atomic E-state index is 12.5. The third kappa shape index (κ3) is 2.69. The maximum Gasteiger partial charge on any atom is 0.142 e. The molecule has 1 rings (SSSR count). The Bertz CT molecular complexity index is 312. The second-order valence-corrected chi connectivity index (χ2v) is 2.23. The molecule has 12 heavy (non-hydrogen) atoms. The minimum atomic E-state index is -0.366. The lowest BCUT2D eigenvalue weighted by atomic mass is 10.3. The third-order valence-electron chi connectivity index (χ3n) is 1.21. The molecule has 0 saturated carbocycles. The van der Waals surface area contributed by atoms with E-state index in [0.29, 0.717) is 18.5 Å².